The van der Waals surface area contributed by atoms with Crippen LogP contribution in [0.3, 0.4) is 0 Å². The van der Waals surface area contributed by atoms with E-state index < -0.39 is 0 Å². The quantitative estimate of drug-likeness (QED) is 0.849. The Bertz CT molecular complexity index is 643. The highest BCUT2D eigenvalue weighted by Gasteiger charge is 2.48. The molecular weight excluding hydrogens is 302 g/mol. The molecule has 2 aliphatic heterocycles. The van der Waals surface area contributed by atoms with Crippen LogP contribution < -0.4 is 4.90 Å². The zero-order valence-corrected chi connectivity index (χ0v) is 14.3. The lowest BCUT2D eigenvalue weighted by atomic mass is 9.92. The Balaban J connectivity index is 1.51. The molecule has 3 aliphatic rings. The van der Waals surface area contributed by atoms with E-state index >= 15 is 0 Å². The van der Waals surface area contributed by atoms with Gasteiger partial charge in [-0.1, -0.05) is 18.2 Å². The van der Waals surface area contributed by atoms with Gasteiger partial charge < -0.3 is 9.80 Å². The fourth-order valence-electron chi connectivity index (χ4n) is 4.01. The van der Waals surface area contributed by atoms with E-state index in [2.05, 4.69) is 4.90 Å². The lowest BCUT2D eigenvalue weighted by molar-refractivity contribution is -0.131. The number of nitrogens with zero attached hydrogens (tertiary/aromatic N) is 3. The van der Waals surface area contributed by atoms with Gasteiger partial charge in [0.15, 0.2) is 0 Å². The molecule has 5 nitrogen and oxygen atoms in total. The predicted octanol–water partition coefficient (Wildman–Crippen LogP) is 1.74. The number of piperazine rings is 1. The van der Waals surface area contributed by atoms with Crippen LogP contribution in [0.1, 0.15) is 25.7 Å². The Morgan fingerprint density at radius 2 is 1.96 bits per heavy atom. The highest BCUT2D eigenvalue weighted by Crippen LogP contribution is 2.36. The number of amides is 2. The second-order valence-electron chi connectivity index (χ2n) is 7.61. The van der Waals surface area contributed by atoms with Gasteiger partial charge in [-0.05, 0) is 44.4 Å². The monoisotopic (exact) mass is 327 g/mol. The van der Waals surface area contributed by atoms with Crippen LogP contribution in [0.5, 0.6) is 0 Å². The number of likely N-dealkylation sites (tertiary alicyclic amines) is 1. The van der Waals surface area contributed by atoms with E-state index in [-0.39, 0.29) is 11.4 Å². The molecule has 3 fully saturated rings. The first-order valence-corrected chi connectivity index (χ1v) is 8.92. The Kier molecular flexibility index (Phi) is 3.83. The zero-order chi connectivity index (χ0) is 16.7. The lowest BCUT2D eigenvalue weighted by Gasteiger charge is -2.46. The summed E-state index contributed by atoms with van der Waals surface area (Å²) in [4.78, 5) is 31.1. The van der Waals surface area contributed by atoms with Gasteiger partial charge in [-0.2, -0.15) is 0 Å². The van der Waals surface area contributed by atoms with Crippen molar-refractivity contribution in [3.8, 4) is 0 Å². The summed E-state index contributed by atoms with van der Waals surface area (Å²) < 4.78 is 0. The van der Waals surface area contributed by atoms with Crippen LogP contribution in [0.15, 0.2) is 30.3 Å². The highest BCUT2D eigenvalue weighted by atomic mass is 16.2. The molecule has 0 bridgehead atoms. The molecule has 0 aromatic heterocycles. The van der Waals surface area contributed by atoms with Crippen LogP contribution in [0, 0.1) is 5.92 Å². The Morgan fingerprint density at radius 3 is 2.67 bits per heavy atom. The van der Waals surface area contributed by atoms with Crippen molar-refractivity contribution in [1.29, 1.82) is 0 Å². The number of anilines is 1. The normalized spacial score (nSPS) is 28.0. The van der Waals surface area contributed by atoms with E-state index in [1.54, 1.807) is 0 Å². The Hall–Kier alpha value is -1.88. The summed E-state index contributed by atoms with van der Waals surface area (Å²) in [6, 6.07) is 9.87. The molecule has 1 unspecified atom stereocenters. The molecule has 1 spiro atoms. The van der Waals surface area contributed by atoms with Gasteiger partial charge in [0.25, 0.3) is 0 Å². The lowest BCUT2D eigenvalue weighted by Crippen LogP contribution is -2.64. The first kappa shape index (κ1) is 15.6. The molecule has 1 aliphatic carbocycles. The minimum Gasteiger partial charge on any atom is -0.341 e. The number of rotatable bonds is 3. The van der Waals surface area contributed by atoms with Crippen LogP contribution in [0.2, 0.25) is 0 Å². The number of hydrogen-bond acceptors (Lipinski definition) is 3. The third-order valence-corrected chi connectivity index (χ3v) is 5.85. The fourth-order valence-corrected chi connectivity index (χ4v) is 4.01. The fraction of sp³-hybridized carbons (Fsp3) is 0.579. The molecule has 2 heterocycles. The number of para-hydroxylation sites is 1. The minimum absolute atomic E-state index is 0.108. The van der Waals surface area contributed by atoms with Crippen molar-refractivity contribution >= 4 is 17.5 Å². The van der Waals surface area contributed by atoms with Crippen LogP contribution in [-0.4, -0.2) is 60.4 Å². The number of hydrogen-bond donors (Lipinski definition) is 0. The average Bonchev–Trinajstić information content (AvgIpc) is 3.29. The van der Waals surface area contributed by atoms with Crippen molar-refractivity contribution in [3.05, 3.63) is 30.3 Å². The molecule has 0 radical (unpaired) electrons. The van der Waals surface area contributed by atoms with E-state index in [1.807, 2.05) is 47.2 Å². The standard InChI is InChI=1S/C19H25N3O2/c1-20-12-18(24)22(16-5-3-2-4-6-16)14-19(20)9-10-21(13-19)17(23)11-15-7-8-15/h2-6,15H,7-14H2,1H3. The van der Waals surface area contributed by atoms with Gasteiger partial charge in [0.1, 0.15) is 0 Å². The van der Waals surface area contributed by atoms with Crippen molar-refractivity contribution in [2.45, 2.75) is 31.2 Å². The maximum absolute atomic E-state index is 12.5. The highest BCUT2D eigenvalue weighted by molar-refractivity contribution is 5.96. The molecule has 4 rings (SSSR count). The summed E-state index contributed by atoms with van der Waals surface area (Å²) in [7, 11) is 2.02. The first-order chi connectivity index (χ1) is 11.6. The summed E-state index contributed by atoms with van der Waals surface area (Å²) in [5.41, 5.74) is 0.848. The summed E-state index contributed by atoms with van der Waals surface area (Å²) in [5, 5.41) is 0. The van der Waals surface area contributed by atoms with Crippen molar-refractivity contribution < 1.29 is 9.59 Å². The maximum atomic E-state index is 12.5. The van der Waals surface area contributed by atoms with Gasteiger partial charge in [0.05, 0.1) is 12.1 Å². The van der Waals surface area contributed by atoms with Gasteiger partial charge in [-0.3, -0.25) is 14.5 Å². The molecule has 0 N–H and O–H groups in total. The van der Waals surface area contributed by atoms with E-state index in [4.69, 9.17) is 0 Å². The Morgan fingerprint density at radius 1 is 1.21 bits per heavy atom. The molecule has 5 heteroatoms. The van der Waals surface area contributed by atoms with Crippen molar-refractivity contribution in [1.82, 2.24) is 9.80 Å². The smallest absolute Gasteiger partial charge is 0.241 e. The van der Waals surface area contributed by atoms with Crippen LogP contribution in [0.4, 0.5) is 5.69 Å². The second kappa shape index (κ2) is 5.88. The van der Waals surface area contributed by atoms with E-state index in [9.17, 15) is 9.59 Å². The van der Waals surface area contributed by atoms with Crippen LogP contribution in [-0.2, 0) is 9.59 Å². The molecule has 128 valence electrons. The number of likely N-dealkylation sites (N-methyl/N-ethyl adjacent to an activating group) is 1. The molecule has 24 heavy (non-hydrogen) atoms. The van der Waals surface area contributed by atoms with Crippen LogP contribution >= 0.6 is 0 Å². The molecule has 1 saturated carbocycles. The number of benzene rings is 1. The molecule has 1 aromatic carbocycles. The summed E-state index contributed by atoms with van der Waals surface area (Å²) in [6.07, 6.45) is 4.07. The van der Waals surface area contributed by atoms with Gasteiger partial charge in [0.2, 0.25) is 11.8 Å². The van der Waals surface area contributed by atoms with Crippen LogP contribution in [0.25, 0.3) is 0 Å². The van der Waals surface area contributed by atoms with Crippen molar-refractivity contribution in [2.75, 3.05) is 38.1 Å². The predicted molar refractivity (Wildman–Crippen MR) is 92.7 cm³/mol. The Labute approximate surface area is 143 Å². The minimum atomic E-state index is -0.108. The molecule has 1 atom stereocenters. The molecule has 1 aromatic rings. The zero-order valence-electron chi connectivity index (χ0n) is 14.3. The van der Waals surface area contributed by atoms with E-state index in [0.29, 0.717) is 31.3 Å². The maximum Gasteiger partial charge on any atom is 0.241 e. The topological polar surface area (TPSA) is 43.9 Å². The summed E-state index contributed by atoms with van der Waals surface area (Å²) >= 11 is 0. The first-order valence-electron chi connectivity index (χ1n) is 8.92. The van der Waals surface area contributed by atoms with Crippen molar-refractivity contribution in [2.24, 2.45) is 5.92 Å². The third-order valence-electron chi connectivity index (χ3n) is 5.85. The third kappa shape index (κ3) is 2.81. The largest absolute Gasteiger partial charge is 0.341 e. The molecule has 2 amide bonds. The SMILES string of the molecule is CN1CC(=O)N(c2ccccc2)CC12CCN(C(=O)CC1CC1)C2. The number of carbonyl (C=O) groups is 2. The number of carbonyl (C=O) groups excluding carboxylic acids is 2. The summed E-state index contributed by atoms with van der Waals surface area (Å²) in [5.74, 6) is 1.06. The second-order valence-corrected chi connectivity index (χ2v) is 7.61. The van der Waals surface area contributed by atoms with E-state index in [1.165, 1.54) is 12.8 Å². The average molecular weight is 327 g/mol. The van der Waals surface area contributed by atoms with Gasteiger partial charge in [0, 0.05) is 31.7 Å². The molecule has 2 saturated heterocycles. The van der Waals surface area contributed by atoms with E-state index in [0.717, 1.165) is 25.2 Å². The van der Waals surface area contributed by atoms with Gasteiger partial charge in [-0.15, -0.1) is 0 Å². The summed E-state index contributed by atoms with van der Waals surface area (Å²) in [6.45, 7) is 2.64. The van der Waals surface area contributed by atoms with Crippen molar-refractivity contribution in [3.63, 3.8) is 0 Å². The van der Waals surface area contributed by atoms with Gasteiger partial charge in [-0.25, -0.2) is 0 Å². The van der Waals surface area contributed by atoms with Gasteiger partial charge >= 0.3 is 0 Å². The molecular formula is C19H25N3O2.